The highest BCUT2D eigenvalue weighted by Gasteiger charge is 2.22. The minimum atomic E-state index is -1.05. The van der Waals surface area contributed by atoms with E-state index in [-0.39, 0.29) is 5.56 Å². The number of aliphatic carboxylic acids is 1. The van der Waals surface area contributed by atoms with Crippen molar-refractivity contribution in [3.05, 3.63) is 63.3 Å². The van der Waals surface area contributed by atoms with Gasteiger partial charge >= 0.3 is 5.97 Å². The number of benzene rings is 1. The SMILES string of the molecule is CC(=Cc1nc(C)[nH]c(=O)c1C(C)C(=O)O)c1ccccc1. The maximum atomic E-state index is 12.1. The lowest BCUT2D eigenvalue weighted by molar-refractivity contribution is -0.138. The predicted octanol–water partition coefficient (Wildman–Crippen LogP) is 2.83. The third kappa shape index (κ3) is 3.31. The second-order valence-electron chi connectivity index (χ2n) is 5.20. The van der Waals surface area contributed by atoms with E-state index in [9.17, 15) is 14.7 Å². The molecule has 0 aliphatic carbocycles. The van der Waals surface area contributed by atoms with Crippen LogP contribution in [0.25, 0.3) is 11.6 Å². The third-order valence-corrected chi connectivity index (χ3v) is 3.49. The predicted molar refractivity (Wildman–Crippen MR) is 85.6 cm³/mol. The Balaban J connectivity index is 2.60. The summed E-state index contributed by atoms with van der Waals surface area (Å²) >= 11 is 0. The molecule has 1 aromatic carbocycles. The van der Waals surface area contributed by atoms with Crippen molar-refractivity contribution >= 4 is 17.6 Å². The Morgan fingerprint density at radius 3 is 2.55 bits per heavy atom. The van der Waals surface area contributed by atoms with Gasteiger partial charge in [0.25, 0.3) is 5.56 Å². The van der Waals surface area contributed by atoms with Gasteiger partial charge in [-0.25, -0.2) is 4.98 Å². The van der Waals surface area contributed by atoms with Crippen molar-refractivity contribution < 1.29 is 9.90 Å². The number of aryl methyl sites for hydroxylation is 1. The van der Waals surface area contributed by atoms with E-state index in [0.29, 0.717) is 11.5 Å². The van der Waals surface area contributed by atoms with Crippen LogP contribution in [0.15, 0.2) is 35.1 Å². The number of aromatic nitrogens is 2. The normalized spacial score (nSPS) is 13.0. The van der Waals surface area contributed by atoms with Gasteiger partial charge in [0.2, 0.25) is 0 Å². The van der Waals surface area contributed by atoms with Crippen LogP contribution in [0.5, 0.6) is 0 Å². The Labute approximate surface area is 128 Å². The Morgan fingerprint density at radius 1 is 1.32 bits per heavy atom. The van der Waals surface area contributed by atoms with Crippen molar-refractivity contribution in [2.24, 2.45) is 0 Å². The molecule has 0 saturated carbocycles. The van der Waals surface area contributed by atoms with Gasteiger partial charge in [-0.1, -0.05) is 30.3 Å². The van der Waals surface area contributed by atoms with Crippen molar-refractivity contribution in [1.82, 2.24) is 9.97 Å². The third-order valence-electron chi connectivity index (χ3n) is 3.49. The molecule has 5 nitrogen and oxygen atoms in total. The second-order valence-corrected chi connectivity index (χ2v) is 5.20. The Bertz CT molecular complexity index is 776. The van der Waals surface area contributed by atoms with Crippen molar-refractivity contribution in [1.29, 1.82) is 0 Å². The molecule has 1 heterocycles. The lowest BCUT2D eigenvalue weighted by atomic mass is 9.98. The van der Waals surface area contributed by atoms with Gasteiger partial charge in [-0.3, -0.25) is 9.59 Å². The molecule has 2 aromatic rings. The summed E-state index contributed by atoms with van der Waals surface area (Å²) in [5.74, 6) is -1.52. The van der Waals surface area contributed by atoms with Crippen molar-refractivity contribution in [2.75, 3.05) is 0 Å². The van der Waals surface area contributed by atoms with Gasteiger partial charge in [0.1, 0.15) is 5.82 Å². The van der Waals surface area contributed by atoms with Crippen LogP contribution in [0, 0.1) is 6.92 Å². The molecular weight excluding hydrogens is 280 g/mol. The van der Waals surface area contributed by atoms with E-state index in [0.717, 1.165) is 11.1 Å². The molecule has 2 rings (SSSR count). The fraction of sp³-hybridized carbons (Fsp3) is 0.235. The summed E-state index contributed by atoms with van der Waals surface area (Å²) in [5.41, 5.74) is 2.08. The van der Waals surface area contributed by atoms with Crippen LogP contribution in [0.4, 0.5) is 0 Å². The number of aromatic amines is 1. The number of rotatable bonds is 4. The van der Waals surface area contributed by atoms with Crippen LogP contribution in [0.3, 0.4) is 0 Å². The van der Waals surface area contributed by atoms with Gasteiger partial charge in [0.05, 0.1) is 17.2 Å². The highest BCUT2D eigenvalue weighted by molar-refractivity contribution is 5.82. The maximum absolute atomic E-state index is 12.1. The molecule has 0 bridgehead atoms. The van der Waals surface area contributed by atoms with Gasteiger partial charge in [0.15, 0.2) is 0 Å². The van der Waals surface area contributed by atoms with E-state index in [2.05, 4.69) is 9.97 Å². The molecule has 0 saturated heterocycles. The Morgan fingerprint density at radius 2 is 1.95 bits per heavy atom. The topological polar surface area (TPSA) is 83.0 Å². The van der Waals surface area contributed by atoms with Crippen molar-refractivity contribution in [2.45, 2.75) is 26.7 Å². The van der Waals surface area contributed by atoms with E-state index in [1.54, 1.807) is 13.0 Å². The van der Waals surface area contributed by atoms with Gasteiger partial charge < -0.3 is 10.1 Å². The van der Waals surface area contributed by atoms with Crippen LogP contribution in [-0.4, -0.2) is 21.0 Å². The number of allylic oxidation sites excluding steroid dienone is 1. The molecule has 0 fully saturated rings. The van der Waals surface area contributed by atoms with Gasteiger partial charge in [0, 0.05) is 0 Å². The number of carboxylic acids is 1. The number of carbonyl (C=O) groups is 1. The summed E-state index contributed by atoms with van der Waals surface area (Å²) in [6, 6.07) is 9.66. The summed E-state index contributed by atoms with van der Waals surface area (Å²) in [5, 5.41) is 9.20. The lowest BCUT2D eigenvalue weighted by Gasteiger charge is -2.10. The van der Waals surface area contributed by atoms with Crippen LogP contribution < -0.4 is 5.56 Å². The van der Waals surface area contributed by atoms with Crippen LogP contribution in [-0.2, 0) is 4.79 Å². The molecular formula is C17H18N2O3. The molecule has 0 amide bonds. The largest absolute Gasteiger partial charge is 0.481 e. The van der Waals surface area contributed by atoms with Gasteiger partial charge in [-0.05, 0) is 38.0 Å². The zero-order valence-electron chi connectivity index (χ0n) is 12.8. The van der Waals surface area contributed by atoms with Crippen molar-refractivity contribution in [3.8, 4) is 0 Å². The van der Waals surface area contributed by atoms with Gasteiger partial charge in [-0.15, -0.1) is 0 Å². The molecule has 2 N–H and O–H groups in total. The molecule has 0 aliphatic heterocycles. The first-order valence-electron chi connectivity index (χ1n) is 6.97. The molecule has 1 atom stereocenters. The zero-order valence-corrected chi connectivity index (χ0v) is 12.8. The standard InChI is InChI=1S/C17H18N2O3/c1-10(13-7-5-4-6-8-13)9-14-15(11(2)17(21)22)16(20)19-12(3)18-14/h4-9,11H,1-3H3,(H,21,22)(H,18,19,20). The monoisotopic (exact) mass is 298 g/mol. The first-order valence-corrected chi connectivity index (χ1v) is 6.97. The summed E-state index contributed by atoms with van der Waals surface area (Å²) < 4.78 is 0. The lowest BCUT2D eigenvalue weighted by Crippen LogP contribution is -2.23. The second kappa shape index (κ2) is 6.39. The molecule has 1 aromatic heterocycles. The number of H-pyrrole nitrogens is 1. The van der Waals surface area contributed by atoms with E-state index < -0.39 is 17.4 Å². The molecule has 5 heteroatoms. The molecule has 22 heavy (non-hydrogen) atoms. The number of carboxylic acid groups (broad SMARTS) is 1. The Hall–Kier alpha value is -2.69. The molecule has 1 unspecified atom stereocenters. The number of hydrogen-bond acceptors (Lipinski definition) is 3. The average molecular weight is 298 g/mol. The molecule has 0 radical (unpaired) electrons. The smallest absolute Gasteiger partial charge is 0.310 e. The van der Waals surface area contributed by atoms with Gasteiger partial charge in [-0.2, -0.15) is 0 Å². The first kappa shape index (κ1) is 15.7. The molecule has 114 valence electrons. The zero-order chi connectivity index (χ0) is 16.3. The molecule has 0 aliphatic rings. The fourth-order valence-electron chi connectivity index (χ4n) is 2.26. The highest BCUT2D eigenvalue weighted by Crippen LogP contribution is 2.21. The number of nitrogens with zero attached hydrogens (tertiary/aromatic N) is 1. The van der Waals surface area contributed by atoms with E-state index in [1.807, 2.05) is 37.3 Å². The fourth-order valence-corrected chi connectivity index (χ4v) is 2.26. The van der Waals surface area contributed by atoms with Crippen LogP contribution in [0.1, 0.15) is 42.4 Å². The molecule has 0 spiro atoms. The summed E-state index contributed by atoms with van der Waals surface area (Å²) in [7, 11) is 0. The van der Waals surface area contributed by atoms with Crippen LogP contribution >= 0.6 is 0 Å². The highest BCUT2D eigenvalue weighted by atomic mass is 16.4. The average Bonchev–Trinajstić information content (AvgIpc) is 2.47. The van der Waals surface area contributed by atoms with E-state index >= 15 is 0 Å². The minimum Gasteiger partial charge on any atom is -0.481 e. The Kier molecular flexibility index (Phi) is 4.56. The summed E-state index contributed by atoms with van der Waals surface area (Å²) in [6.07, 6.45) is 1.76. The minimum absolute atomic E-state index is 0.174. The summed E-state index contributed by atoms with van der Waals surface area (Å²) in [4.78, 5) is 30.3. The quantitative estimate of drug-likeness (QED) is 0.909. The van der Waals surface area contributed by atoms with E-state index in [4.69, 9.17) is 0 Å². The van der Waals surface area contributed by atoms with Crippen LogP contribution in [0.2, 0.25) is 0 Å². The van der Waals surface area contributed by atoms with Crippen molar-refractivity contribution in [3.63, 3.8) is 0 Å². The number of hydrogen-bond donors (Lipinski definition) is 2. The van der Waals surface area contributed by atoms with E-state index in [1.165, 1.54) is 6.92 Å². The summed E-state index contributed by atoms with van der Waals surface area (Å²) in [6.45, 7) is 5.06. The number of nitrogens with one attached hydrogen (secondary N) is 1. The first-order chi connectivity index (χ1) is 10.4. The maximum Gasteiger partial charge on any atom is 0.310 e.